The van der Waals surface area contributed by atoms with Crippen LogP contribution in [0.1, 0.15) is 11.3 Å². The number of methoxy groups -OCH3 is 1. The van der Waals surface area contributed by atoms with Gasteiger partial charge in [-0.15, -0.1) is 0 Å². The van der Waals surface area contributed by atoms with E-state index < -0.39 is 0 Å². The van der Waals surface area contributed by atoms with Crippen LogP contribution in [0.15, 0.2) is 42.6 Å². The molecule has 5 rings (SSSR count). The van der Waals surface area contributed by atoms with Gasteiger partial charge in [0.25, 0.3) is 0 Å². The predicted molar refractivity (Wildman–Crippen MR) is 115 cm³/mol. The maximum atomic E-state index is 5.49. The number of rotatable bonds is 5. The molecule has 1 aliphatic heterocycles. The molecule has 154 valence electrons. The van der Waals surface area contributed by atoms with E-state index in [9.17, 15) is 0 Å². The Morgan fingerprint density at radius 1 is 1.17 bits per heavy atom. The maximum absolute atomic E-state index is 5.49. The average Bonchev–Trinajstić information content (AvgIpc) is 3.38. The number of ether oxygens (including phenoxy) is 2. The number of morpholine rings is 1. The number of hydrogen-bond acceptors (Lipinski definition) is 6. The van der Waals surface area contributed by atoms with Crippen LogP contribution in [0.5, 0.6) is 0 Å². The number of hydrogen-bond donors (Lipinski definition) is 1. The van der Waals surface area contributed by atoms with E-state index in [4.69, 9.17) is 19.6 Å². The standard InChI is InChI=1S/C22H24N6O2/c1-15-4-3-5-16(12-15)18-13-17(14-29-2)28(26-18)22-24-20-19(6-7-23-21(20)25-22)27-8-10-30-11-9-27/h3-7,12-13H,8-11,14H2,1-2H3,(H,23,24,25). The highest BCUT2D eigenvalue weighted by molar-refractivity contribution is 5.86. The quantitative estimate of drug-likeness (QED) is 0.551. The van der Waals surface area contributed by atoms with Gasteiger partial charge in [0.05, 0.1) is 36.9 Å². The summed E-state index contributed by atoms with van der Waals surface area (Å²) >= 11 is 0. The summed E-state index contributed by atoms with van der Waals surface area (Å²) in [5, 5.41) is 4.83. The summed E-state index contributed by atoms with van der Waals surface area (Å²) in [7, 11) is 1.68. The molecule has 4 heterocycles. The van der Waals surface area contributed by atoms with Crippen molar-refractivity contribution in [3.05, 3.63) is 53.9 Å². The van der Waals surface area contributed by atoms with E-state index in [1.807, 2.05) is 22.9 Å². The van der Waals surface area contributed by atoms with Gasteiger partial charge in [-0.25, -0.2) is 9.67 Å². The summed E-state index contributed by atoms with van der Waals surface area (Å²) in [4.78, 5) is 14.9. The normalized spacial score (nSPS) is 14.5. The Hall–Kier alpha value is -3.23. The van der Waals surface area contributed by atoms with Gasteiger partial charge < -0.3 is 19.4 Å². The van der Waals surface area contributed by atoms with Crippen LogP contribution in [0.4, 0.5) is 5.69 Å². The second-order valence-corrected chi connectivity index (χ2v) is 7.42. The van der Waals surface area contributed by atoms with Crippen molar-refractivity contribution < 1.29 is 9.47 Å². The third-order valence-electron chi connectivity index (χ3n) is 5.30. The summed E-state index contributed by atoms with van der Waals surface area (Å²) in [6, 6.07) is 12.4. The maximum Gasteiger partial charge on any atom is 0.231 e. The molecule has 0 aliphatic carbocycles. The van der Waals surface area contributed by atoms with Crippen molar-refractivity contribution >= 4 is 16.9 Å². The Kier molecular flexibility index (Phi) is 4.94. The largest absolute Gasteiger partial charge is 0.378 e. The molecule has 0 atom stereocenters. The fraction of sp³-hybridized carbons (Fsp3) is 0.318. The summed E-state index contributed by atoms with van der Waals surface area (Å²) in [5.41, 5.74) is 6.72. The Morgan fingerprint density at radius 3 is 2.83 bits per heavy atom. The molecule has 0 bridgehead atoms. The second kappa shape index (κ2) is 7.89. The Balaban J connectivity index is 1.59. The van der Waals surface area contributed by atoms with Crippen LogP contribution in [0, 0.1) is 6.92 Å². The van der Waals surface area contributed by atoms with E-state index in [1.165, 1.54) is 5.56 Å². The SMILES string of the molecule is COCc1cc(-c2cccc(C)c2)nn1-c1nc2nccc(N3CCOCC3)c2[nH]1. The van der Waals surface area contributed by atoms with E-state index in [0.29, 0.717) is 18.2 Å². The highest BCUT2D eigenvalue weighted by Gasteiger charge is 2.19. The van der Waals surface area contributed by atoms with Crippen LogP contribution >= 0.6 is 0 Å². The van der Waals surface area contributed by atoms with Crippen LogP contribution in [0.3, 0.4) is 0 Å². The molecule has 0 amide bonds. The van der Waals surface area contributed by atoms with Gasteiger partial charge in [0.1, 0.15) is 5.52 Å². The Labute approximate surface area is 174 Å². The van der Waals surface area contributed by atoms with Crippen molar-refractivity contribution in [2.75, 3.05) is 38.3 Å². The Morgan fingerprint density at radius 2 is 2.03 bits per heavy atom. The molecule has 30 heavy (non-hydrogen) atoms. The number of fused-ring (bicyclic) bond motifs is 1. The number of imidazole rings is 1. The fourth-order valence-corrected chi connectivity index (χ4v) is 3.85. The minimum atomic E-state index is 0.430. The number of pyridine rings is 1. The molecule has 1 aliphatic rings. The lowest BCUT2D eigenvalue weighted by molar-refractivity contribution is 0.123. The number of anilines is 1. The van der Waals surface area contributed by atoms with Gasteiger partial charge in [-0.2, -0.15) is 10.1 Å². The van der Waals surface area contributed by atoms with E-state index in [-0.39, 0.29) is 0 Å². The molecule has 3 aromatic heterocycles. The topological polar surface area (TPSA) is 81.1 Å². The minimum Gasteiger partial charge on any atom is -0.378 e. The number of H-pyrrole nitrogens is 1. The van der Waals surface area contributed by atoms with E-state index in [2.05, 4.69) is 40.0 Å². The van der Waals surface area contributed by atoms with E-state index in [0.717, 1.165) is 54.5 Å². The number of aromatic amines is 1. The van der Waals surface area contributed by atoms with Gasteiger partial charge >= 0.3 is 0 Å². The van der Waals surface area contributed by atoms with E-state index in [1.54, 1.807) is 13.3 Å². The average molecular weight is 404 g/mol. The van der Waals surface area contributed by atoms with Crippen LogP contribution in [0.2, 0.25) is 0 Å². The zero-order valence-corrected chi connectivity index (χ0v) is 17.1. The van der Waals surface area contributed by atoms with Gasteiger partial charge in [-0.05, 0) is 25.1 Å². The first-order chi connectivity index (χ1) is 14.7. The molecule has 1 aromatic carbocycles. The van der Waals surface area contributed by atoms with Gasteiger partial charge in [0.15, 0.2) is 5.65 Å². The number of nitrogens with zero attached hydrogens (tertiary/aromatic N) is 5. The molecule has 1 fully saturated rings. The number of benzene rings is 1. The van der Waals surface area contributed by atoms with Crippen molar-refractivity contribution in [3.63, 3.8) is 0 Å². The van der Waals surface area contributed by atoms with E-state index >= 15 is 0 Å². The van der Waals surface area contributed by atoms with Crippen molar-refractivity contribution in [1.82, 2.24) is 24.7 Å². The smallest absolute Gasteiger partial charge is 0.231 e. The molecule has 0 saturated carbocycles. The molecule has 0 unspecified atom stereocenters. The third kappa shape index (κ3) is 3.44. The van der Waals surface area contributed by atoms with Gasteiger partial charge in [0, 0.05) is 32.0 Å². The molecular weight excluding hydrogens is 380 g/mol. The predicted octanol–water partition coefficient (Wildman–Crippen LogP) is 3.10. The third-order valence-corrected chi connectivity index (χ3v) is 5.30. The zero-order valence-electron chi connectivity index (χ0n) is 17.1. The van der Waals surface area contributed by atoms with Gasteiger partial charge in [0.2, 0.25) is 5.95 Å². The Bertz CT molecular complexity index is 1180. The van der Waals surface area contributed by atoms with Gasteiger partial charge in [-0.3, -0.25) is 0 Å². The number of nitrogens with one attached hydrogen (secondary N) is 1. The lowest BCUT2D eigenvalue weighted by Crippen LogP contribution is -2.36. The lowest BCUT2D eigenvalue weighted by Gasteiger charge is -2.28. The summed E-state index contributed by atoms with van der Waals surface area (Å²) in [6.45, 7) is 5.65. The summed E-state index contributed by atoms with van der Waals surface area (Å²) in [5.74, 6) is 0.629. The molecular formula is C22H24N6O2. The van der Waals surface area contributed by atoms with Crippen LogP contribution in [0.25, 0.3) is 28.4 Å². The first kappa shape index (κ1) is 18.8. The first-order valence-corrected chi connectivity index (χ1v) is 10.1. The monoisotopic (exact) mass is 404 g/mol. The lowest BCUT2D eigenvalue weighted by atomic mass is 10.1. The van der Waals surface area contributed by atoms with Crippen molar-refractivity contribution in [3.8, 4) is 17.2 Å². The number of aryl methyl sites for hydroxylation is 1. The van der Waals surface area contributed by atoms with Crippen molar-refractivity contribution in [2.24, 2.45) is 0 Å². The summed E-state index contributed by atoms with van der Waals surface area (Å²) < 4.78 is 12.7. The molecule has 8 nitrogen and oxygen atoms in total. The minimum absolute atomic E-state index is 0.430. The molecule has 4 aromatic rings. The van der Waals surface area contributed by atoms with Crippen LogP contribution in [-0.2, 0) is 16.1 Å². The fourth-order valence-electron chi connectivity index (χ4n) is 3.85. The first-order valence-electron chi connectivity index (χ1n) is 10.1. The highest BCUT2D eigenvalue weighted by atomic mass is 16.5. The van der Waals surface area contributed by atoms with Crippen molar-refractivity contribution in [1.29, 1.82) is 0 Å². The number of aromatic nitrogens is 5. The molecule has 0 radical (unpaired) electrons. The zero-order chi connectivity index (χ0) is 20.5. The van der Waals surface area contributed by atoms with Crippen molar-refractivity contribution in [2.45, 2.75) is 13.5 Å². The van der Waals surface area contributed by atoms with Crippen LogP contribution < -0.4 is 4.90 Å². The summed E-state index contributed by atoms with van der Waals surface area (Å²) in [6.07, 6.45) is 1.80. The molecule has 1 N–H and O–H groups in total. The molecule has 8 heteroatoms. The van der Waals surface area contributed by atoms with Crippen LogP contribution in [-0.4, -0.2) is 58.1 Å². The highest BCUT2D eigenvalue weighted by Crippen LogP contribution is 2.27. The molecule has 1 saturated heterocycles. The second-order valence-electron chi connectivity index (χ2n) is 7.42. The molecule has 0 spiro atoms. The van der Waals surface area contributed by atoms with Gasteiger partial charge in [-0.1, -0.05) is 23.8 Å².